The topological polar surface area (TPSA) is 74.8 Å². The van der Waals surface area contributed by atoms with Crippen molar-refractivity contribution in [3.8, 4) is 6.07 Å². The molecule has 0 radical (unpaired) electrons. The van der Waals surface area contributed by atoms with Crippen LogP contribution in [0.4, 0.5) is 0 Å². The summed E-state index contributed by atoms with van der Waals surface area (Å²) in [5.74, 6) is 0. The van der Waals surface area contributed by atoms with E-state index < -0.39 is 0 Å². The third-order valence-electron chi connectivity index (χ3n) is 4.90. The summed E-state index contributed by atoms with van der Waals surface area (Å²) < 4.78 is 12.5. The second kappa shape index (κ2) is 8.89. The van der Waals surface area contributed by atoms with E-state index in [-0.39, 0.29) is 12.0 Å². The van der Waals surface area contributed by atoms with Crippen LogP contribution in [0, 0.1) is 11.3 Å². The number of rotatable bonds is 6. The predicted octanol–water partition coefficient (Wildman–Crippen LogP) is 4.82. The van der Waals surface area contributed by atoms with Gasteiger partial charge in [0.25, 0.3) is 0 Å². The van der Waals surface area contributed by atoms with Crippen LogP contribution in [0.15, 0.2) is 43.9 Å². The Balaban J connectivity index is 1.83. The Morgan fingerprint density at radius 3 is 2.85 bits per heavy atom. The number of hydrogen-bond donors (Lipinski definition) is 1. The van der Waals surface area contributed by atoms with Gasteiger partial charge in [0.1, 0.15) is 0 Å². The van der Waals surface area contributed by atoms with Gasteiger partial charge in [-0.1, -0.05) is 23.0 Å². The van der Waals surface area contributed by atoms with Gasteiger partial charge in [-0.05, 0) is 41.6 Å². The Labute approximate surface area is 167 Å². The predicted molar refractivity (Wildman–Crippen MR) is 107 cm³/mol. The fourth-order valence-corrected chi connectivity index (χ4v) is 5.41. The summed E-state index contributed by atoms with van der Waals surface area (Å²) in [7, 11) is 1.77. The van der Waals surface area contributed by atoms with Crippen LogP contribution in [0.2, 0.25) is 0 Å². The summed E-state index contributed by atoms with van der Waals surface area (Å²) in [6, 6.07) is 10.3. The van der Waals surface area contributed by atoms with Crippen molar-refractivity contribution in [2.45, 2.75) is 40.9 Å². The van der Waals surface area contributed by atoms with Gasteiger partial charge in [0.15, 0.2) is 0 Å². The van der Waals surface area contributed by atoms with Crippen molar-refractivity contribution in [2.24, 2.45) is 5.16 Å². The Kier molecular flexibility index (Phi) is 6.55. The quantitative estimate of drug-likeness (QED) is 0.426. The van der Waals surface area contributed by atoms with Crippen LogP contribution < -0.4 is 0 Å². The first kappa shape index (κ1) is 19.9. The lowest BCUT2D eigenvalue weighted by Gasteiger charge is -2.35. The first-order chi connectivity index (χ1) is 13.1. The molecule has 2 aromatic rings. The molecule has 0 bridgehead atoms. The molecule has 1 saturated heterocycles. The summed E-state index contributed by atoms with van der Waals surface area (Å²) in [5.41, 5.74) is 3.14. The van der Waals surface area contributed by atoms with Crippen LogP contribution in [0.3, 0.4) is 0 Å². The van der Waals surface area contributed by atoms with Gasteiger partial charge in [0.05, 0.1) is 28.0 Å². The maximum atomic E-state index is 9.10. The van der Waals surface area contributed by atoms with Crippen molar-refractivity contribution in [3.63, 3.8) is 0 Å². The van der Waals surface area contributed by atoms with Gasteiger partial charge in [-0.2, -0.15) is 5.26 Å². The van der Waals surface area contributed by atoms with Crippen molar-refractivity contribution in [3.05, 3.63) is 46.3 Å². The Bertz CT molecular complexity index is 864. The van der Waals surface area contributed by atoms with Crippen LogP contribution >= 0.6 is 23.1 Å². The van der Waals surface area contributed by atoms with Crippen LogP contribution in [-0.2, 0) is 21.5 Å². The number of nitrogens with zero attached hydrogens (tertiary/aromatic N) is 2. The van der Waals surface area contributed by atoms with Crippen molar-refractivity contribution in [1.82, 2.24) is 0 Å². The van der Waals surface area contributed by atoms with Gasteiger partial charge in [-0.25, -0.2) is 0 Å². The normalized spacial score (nSPS) is 16.9. The Hall–Kier alpha value is -1.85. The maximum absolute atomic E-state index is 9.10. The minimum Gasteiger partial charge on any atom is -0.411 e. The highest BCUT2D eigenvalue weighted by Crippen LogP contribution is 2.41. The van der Waals surface area contributed by atoms with E-state index in [0.717, 1.165) is 42.1 Å². The molecule has 1 fully saturated rings. The monoisotopic (exact) mass is 402 g/mol. The van der Waals surface area contributed by atoms with Crippen molar-refractivity contribution >= 4 is 28.8 Å². The van der Waals surface area contributed by atoms with E-state index >= 15 is 0 Å². The van der Waals surface area contributed by atoms with Crippen LogP contribution in [0.1, 0.15) is 36.5 Å². The number of benzene rings is 1. The Morgan fingerprint density at radius 1 is 1.41 bits per heavy atom. The highest BCUT2D eigenvalue weighted by Gasteiger charge is 2.35. The summed E-state index contributed by atoms with van der Waals surface area (Å²) in [6.45, 7) is 3.17. The first-order valence-electron chi connectivity index (χ1n) is 8.70. The zero-order valence-corrected chi connectivity index (χ0v) is 17.0. The second-order valence-electron chi connectivity index (χ2n) is 6.41. The molecule has 0 amide bonds. The first-order valence-corrected chi connectivity index (χ1v) is 10.4. The molecule has 5 nitrogen and oxygen atoms in total. The van der Waals surface area contributed by atoms with Gasteiger partial charge < -0.3 is 14.7 Å². The lowest BCUT2D eigenvalue weighted by atomic mass is 9.88. The summed E-state index contributed by atoms with van der Waals surface area (Å²) >= 11 is 3.37. The highest BCUT2D eigenvalue weighted by atomic mass is 32.2. The smallest absolute Gasteiger partial charge is 0.0979 e. The molecule has 142 valence electrons. The third kappa shape index (κ3) is 4.36. The second-order valence-corrected chi connectivity index (χ2v) is 8.69. The number of oxime groups is 1. The summed E-state index contributed by atoms with van der Waals surface area (Å²) in [5, 5.41) is 23.6. The number of thiophene rings is 1. The molecule has 0 saturated carbocycles. The number of ether oxygens (including phenoxy) is 2. The largest absolute Gasteiger partial charge is 0.411 e. The molecule has 1 aliphatic rings. The molecule has 1 aliphatic heterocycles. The van der Waals surface area contributed by atoms with E-state index in [1.165, 1.54) is 9.77 Å². The number of nitriles is 1. The average molecular weight is 403 g/mol. The van der Waals surface area contributed by atoms with Crippen molar-refractivity contribution in [1.29, 1.82) is 5.26 Å². The minimum atomic E-state index is -0.252. The average Bonchev–Trinajstić information content (AvgIpc) is 3.17. The van der Waals surface area contributed by atoms with E-state index in [1.54, 1.807) is 37.1 Å². The number of methoxy groups -OCH3 is 1. The van der Waals surface area contributed by atoms with E-state index in [4.69, 9.17) is 19.9 Å². The maximum Gasteiger partial charge on any atom is 0.0979 e. The number of hydrogen-bond acceptors (Lipinski definition) is 7. The van der Waals surface area contributed by atoms with Crippen LogP contribution in [0.5, 0.6) is 0 Å². The standard InChI is InChI=1S/C20H22N2O3S2/c1-14(22-23)18-4-3-17(11-15(18)5-8-21)27-19-12-16(13-26-19)20(24-2)6-9-25-10-7-20/h3-4,11-13,23H,5-7,9-10H2,1-2H3/b22-14+. The van der Waals surface area contributed by atoms with Gasteiger partial charge >= 0.3 is 0 Å². The van der Waals surface area contributed by atoms with Crippen molar-refractivity contribution in [2.75, 3.05) is 20.3 Å². The fraction of sp³-hybridized carbons (Fsp3) is 0.400. The molecular weight excluding hydrogens is 380 g/mol. The van der Waals surface area contributed by atoms with Crippen LogP contribution in [-0.4, -0.2) is 31.2 Å². The van der Waals surface area contributed by atoms with Gasteiger partial charge in [0, 0.05) is 43.6 Å². The van der Waals surface area contributed by atoms with Gasteiger partial charge in [-0.3, -0.25) is 0 Å². The molecule has 0 unspecified atom stereocenters. The lowest BCUT2D eigenvalue weighted by molar-refractivity contribution is -0.0946. The van der Waals surface area contributed by atoms with Gasteiger partial charge in [0.2, 0.25) is 0 Å². The highest BCUT2D eigenvalue weighted by molar-refractivity contribution is 8.01. The minimum absolute atomic E-state index is 0.252. The molecule has 7 heteroatoms. The Morgan fingerprint density at radius 2 is 2.19 bits per heavy atom. The molecule has 1 aromatic carbocycles. The molecule has 1 N–H and O–H groups in total. The molecule has 27 heavy (non-hydrogen) atoms. The SMILES string of the molecule is COC1(c2csc(Sc3ccc(/C(C)=N/O)c(CC#N)c3)c2)CCOCC1. The molecule has 2 heterocycles. The van der Waals surface area contributed by atoms with E-state index in [2.05, 4.69) is 22.7 Å². The molecular formula is C20H22N2O3S2. The van der Waals surface area contributed by atoms with E-state index in [9.17, 15) is 0 Å². The zero-order valence-electron chi connectivity index (χ0n) is 15.4. The summed E-state index contributed by atoms with van der Waals surface area (Å²) in [6.07, 6.45) is 2.01. The third-order valence-corrected chi connectivity index (χ3v) is 6.97. The van der Waals surface area contributed by atoms with Gasteiger partial charge in [-0.15, -0.1) is 11.3 Å². The zero-order chi connectivity index (χ0) is 19.3. The van der Waals surface area contributed by atoms with E-state index in [1.807, 2.05) is 18.2 Å². The fourth-order valence-electron chi connectivity index (χ4n) is 3.31. The van der Waals surface area contributed by atoms with E-state index in [0.29, 0.717) is 5.71 Å². The van der Waals surface area contributed by atoms with Crippen molar-refractivity contribution < 1.29 is 14.7 Å². The molecule has 0 aliphatic carbocycles. The summed E-state index contributed by atoms with van der Waals surface area (Å²) in [4.78, 5) is 1.06. The lowest BCUT2D eigenvalue weighted by Crippen LogP contribution is -2.35. The molecule has 0 atom stereocenters. The van der Waals surface area contributed by atoms with Crippen LogP contribution in [0.25, 0.3) is 0 Å². The molecule has 1 aromatic heterocycles. The molecule has 0 spiro atoms. The molecule has 3 rings (SSSR count).